The Kier molecular flexibility index (Phi) is 3.95. The molecule has 1 nitrogen and oxygen atoms in total. The lowest BCUT2D eigenvalue weighted by Crippen LogP contribution is -2.16. The van der Waals surface area contributed by atoms with Crippen molar-refractivity contribution in [3.05, 3.63) is 29.3 Å². The van der Waals surface area contributed by atoms with Crippen molar-refractivity contribution in [3.63, 3.8) is 0 Å². The minimum absolute atomic E-state index is 0.158. The monoisotopic (exact) mass is 289 g/mol. The molecular formula is C10H6ClF6N. The normalized spacial score (nSPS) is 13.9. The van der Waals surface area contributed by atoms with E-state index in [4.69, 9.17) is 11.6 Å². The van der Waals surface area contributed by atoms with E-state index in [2.05, 4.69) is 4.99 Å². The topological polar surface area (TPSA) is 12.4 Å². The van der Waals surface area contributed by atoms with Gasteiger partial charge in [0, 0.05) is 0 Å². The molecule has 0 N–H and O–H groups in total. The van der Waals surface area contributed by atoms with Crippen LogP contribution in [0.1, 0.15) is 11.1 Å². The van der Waals surface area contributed by atoms with Crippen LogP contribution < -0.4 is 0 Å². The predicted molar refractivity (Wildman–Crippen MR) is 55.2 cm³/mol. The highest BCUT2D eigenvalue weighted by molar-refractivity contribution is 6.67. The van der Waals surface area contributed by atoms with Crippen molar-refractivity contribution in [1.29, 1.82) is 0 Å². The number of hydrogen-bond acceptors (Lipinski definition) is 1. The van der Waals surface area contributed by atoms with Crippen LogP contribution in [0.25, 0.3) is 0 Å². The molecule has 1 aromatic carbocycles. The van der Waals surface area contributed by atoms with Crippen LogP contribution in [0.5, 0.6) is 0 Å². The van der Waals surface area contributed by atoms with E-state index in [1.807, 2.05) is 0 Å². The van der Waals surface area contributed by atoms with Crippen molar-refractivity contribution < 1.29 is 26.3 Å². The third-order valence-corrected chi connectivity index (χ3v) is 2.29. The van der Waals surface area contributed by atoms with Crippen LogP contribution in [0.15, 0.2) is 23.2 Å². The molecule has 0 saturated heterocycles. The summed E-state index contributed by atoms with van der Waals surface area (Å²) < 4.78 is 73.5. The highest BCUT2D eigenvalue weighted by Crippen LogP contribution is 2.34. The molecule has 0 saturated carbocycles. The molecular weight excluding hydrogens is 284 g/mol. The van der Waals surface area contributed by atoms with Crippen LogP contribution in [-0.2, 0) is 6.18 Å². The van der Waals surface area contributed by atoms with Crippen molar-refractivity contribution in [3.8, 4) is 0 Å². The Labute approximate surface area is 103 Å². The van der Waals surface area contributed by atoms with Crippen LogP contribution in [0.4, 0.5) is 32.0 Å². The highest BCUT2D eigenvalue weighted by atomic mass is 35.5. The first kappa shape index (κ1) is 14.8. The fourth-order valence-corrected chi connectivity index (χ4v) is 1.17. The van der Waals surface area contributed by atoms with Crippen LogP contribution in [0, 0.1) is 6.92 Å². The Bertz CT molecular complexity index is 474. The molecule has 0 fully saturated rings. The van der Waals surface area contributed by atoms with Gasteiger partial charge in [0.1, 0.15) is 0 Å². The first-order valence-corrected chi connectivity index (χ1v) is 4.89. The maximum atomic E-state index is 12.4. The number of aryl methyl sites for hydroxylation is 1. The van der Waals surface area contributed by atoms with Gasteiger partial charge in [0.15, 0.2) is 0 Å². The van der Waals surface area contributed by atoms with Gasteiger partial charge in [-0.25, -0.2) is 4.99 Å². The number of hydrogen-bond donors (Lipinski definition) is 0. The lowest BCUT2D eigenvalue weighted by molar-refractivity contribution is -0.137. The van der Waals surface area contributed by atoms with Gasteiger partial charge in [-0.1, -0.05) is 17.7 Å². The molecule has 0 atom stereocenters. The van der Waals surface area contributed by atoms with Crippen molar-refractivity contribution in [1.82, 2.24) is 0 Å². The maximum Gasteiger partial charge on any atom is 0.444 e. The molecule has 18 heavy (non-hydrogen) atoms. The summed E-state index contributed by atoms with van der Waals surface area (Å²) in [7, 11) is 0. The van der Waals surface area contributed by atoms with Crippen molar-refractivity contribution >= 4 is 22.5 Å². The molecule has 100 valence electrons. The Morgan fingerprint density at radius 2 is 1.67 bits per heavy atom. The van der Waals surface area contributed by atoms with E-state index in [0.717, 1.165) is 12.1 Å². The summed E-state index contributed by atoms with van der Waals surface area (Å²) in [5.74, 6) is 0. The third kappa shape index (κ3) is 3.63. The molecule has 0 heterocycles. The second kappa shape index (κ2) is 4.79. The van der Waals surface area contributed by atoms with Crippen molar-refractivity contribution in [2.45, 2.75) is 19.3 Å². The number of nitrogens with zero attached hydrogens (tertiary/aromatic N) is 1. The van der Waals surface area contributed by atoms with Gasteiger partial charge in [-0.15, -0.1) is 0 Å². The predicted octanol–water partition coefficient (Wildman–Crippen LogP) is 4.84. The molecule has 0 unspecified atom stereocenters. The number of aliphatic imine (C=N–C) groups is 1. The standard InChI is InChI=1S/C10H6ClF6N/c1-5-2-3-6(9(12,13)14)4-7(5)18-8(11)10(15,16)17/h2-4H,1H3. The second-order valence-electron chi connectivity index (χ2n) is 3.40. The zero-order chi connectivity index (χ0) is 14.1. The summed E-state index contributed by atoms with van der Waals surface area (Å²) >= 11 is 4.87. The zero-order valence-corrected chi connectivity index (χ0v) is 9.58. The number of alkyl halides is 6. The molecule has 0 bridgehead atoms. The molecule has 8 heteroatoms. The van der Waals surface area contributed by atoms with Crippen LogP contribution in [0.2, 0.25) is 0 Å². The summed E-state index contributed by atoms with van der Waals surface area (Å²) in [5, 5.41) is -1.72. The Balaban J connectivity index is 3.26. The third-order valence-electron chi connectivity index (χ3n) is 1.99. The van der Waals surface area contributed by atoms with E-state index < -0.39 is 28.8 Å². The van der Waals surface area contributed by atoms with Gasteiger partial charge < -0.3 is 0 Å². The molecule has 0 spiro atoms. The van der Waals surface area contributed by atoms with Gasteiger partial charge >= 0.3 is 12.4 Å². The van der Waals surface area contributed by atoms with Crippen LogP contribution in [0.3, 0.4) is 0 Å². The first-order valence-electron chi connectivity index (χ1n) is 4.51. The largest absolute Gasteiger partial charge is 0.444 e. The number of rotatable bonds is 1. The Morgan fingerprint density at radius 1 is 1.11 bits per heavy atom. The SMILES string of the molecule is Cc1ccc(C(F)(F)F)cc1N=C(Cl)C(F)(F)F. The van der Waals surface area contributed by atoms with Crippen molar-refractivity contribution in [2.24, 2.45) is 4.99 Å². The summed E-state index contributed by atoms with van der Waals surface area (Å²) in [6.07, 6.45) is -9.54. The van der Waals surface area contributed by atoms with E-state index in [1.54, 1.807) is 0 Å². The molecule has 0 aliphatic rings. The van der Waals surface area contributed by atoms with Crippen LogP contribution >= 0.6 is 11.6 Å². The second-order valence-corrected chi connectivity index (χ2v) is 3.76. The molecule has 0 amide bonds. The average Bonchev–Trinajstić information content (AvgIpc) is 2.18. The maximum absolute atomic E-state index is 12.4. The average molecular weight is 290 g/mol. The number of halogens is 7. The highest BCUT2D eigenvalue weighted by Gasteiger charge is 2.35. The van der Waals surface area contributed by atoms with E-state index in [0.29, 0.717) is 6.07 Å². The Morgan fingerprint density at radius 3 is 2.11 bits per heavy atom. The van der Waals surface area contributed by atoms with Crippen molar-refractivity contribution in [2.75, 3.05) is 0 Å². The minimum Gasteiger partial charge on any atom is -0.232 e. The van der Waals surface area contributed by atoms with Gasteiger partial charge in [0.2, 0.25) is 5.17 Å². The van der Waals surface area contributed by atoms with E-state index in [1.165, 1.54) is 6.92 Å². The van der Waals surface area contributed by atoms with Gasteiger partial charge in [-0.2, -0.15) is 26.3 Å². The van der Waals surface area contributed by atoms with E-state index in [9.17, 15) is 26.3 Å². The zero-order valence-electron chi connectivity index (χ0n) is 8.83. The summed E-state index contributed by atoms with van der Waals surface area (Å²) in [5.41, 5.74) is -1.39. The quantitative estimate of drug-likeness (QED) is 0.518. The molecule has 0 aliphatic carbocycles. The molecule has 0 radical (unpaired) electrons. The van der Waals surface area contributed by atoms with Gasteiger partial charge in [0.05, 0.1) is 11.3 Å². The summed E-state index contributed by atoms with van der Waals surface area (Å²) in [4.78, 5) is 2.96. The smallest absolute Gasteiger partial charge is 0.232 e. The lowest BCUT2D eigenvalue weighted by atomic mass is 10.1. The van der Waals surface area contributed by atoms with E-state index >= 15 is 0 Å². The Hall–Kier alpha value is -1.24. The molecule has 0 aliphatic heterocycles. The molecule has 1 aromatic rings. The molecule has 0 aromatic heterocycles. The first-order chi connectivity index (χ1) is 8.01. The van der Waals surface area contributed by atoms with E-state index in [-0.39, 0.29) is 5.56 Å². The lowest BCUT2D eigenvalue weighted by Gasteiger charge is -2.09. The van der Waals surface area contributed by atoms with Crippen LogP contribution in [-0.4, -0.2) is 11.3 Å². The van der Waals surface area contributed by atoms with Gasteiger partial charge in [0.25, 0.3) is 0 Å². The number of benzene rings is 1. The fourth-order valence-electron chi connectivity index (χ4n) is 1.08. The van der Waals surface area contributed by atoms with Gasteiger partial charge in [-0.3, -0.25) is 0 Å². The summed E-state index contributed by atoms with van der Waals surface area (Å²) in [6, 6.07) is 2.31. The van der Waals surface area contributed by atoms with Gasteiger partial charge in [-0.05, 0) is 24.6 Å². The minimum atomic E-state index is -4.89. The molecule has 1 rings (SSSR count). The fraction of sp³-hybridized carbons (Fsp3) is 0.300. The summed E-state index contributed by atoms with van der Waals surface area (Å²) in [6.45, 7) is 1.33.